The predicted octanol–water partition coefficient (Wildman–Crippen LogP) is 6.35. The molecule has 3 aromatic heterocycles. The highest BCUT2D eigenvalue weighted by atomic mass is 35.5. The van der Waals surface area contributed by atoms with Crippen LogP contribution in [0.1, 0.15) is 70.4 Å². The quantitative estimate of drug-likeness (QED) is 0.0725. The summed E-state index contributed by atoms with van der Waals surface area (Å²) in [7, 11) is 0. The molecule has 18 heteroatoms. The lowest BCUT2D eigenvalue weighted by molar-refractivity contribution is -0.135. The number of nitrogens with one attached hydrogen (secondary N) is 3. The average molecular weight is 892 g/mol. The minimum absolute atomic E-state index is 0.0517. The molecule has 63 heavy (non-hydrogen) atoms. The molecule has 6 aromatic rings. The normalized spacial score (nSPS) is 15.9. The molecule has 5 heterocycles. The van der Waals surface area contributed by atoms with Crippen LogP contribution in [0.5, 0.6) is 5.75 Å². The average Bonchev–Trinajstić information content (AvgIpc) is 3.74. The highest BCUT2D eigenvalue weighted by Gasteiger charge is 2.33. The molecular formula is C45H46ClN9O7S. The van der Waals surface area contributed by atoms with Gasteiger partial charge in [-0.05, 0) is 88.2 Å². The number of hydrogen-bond donors (Lipinski definition) is 3. The highest BCUT2D eigenvalue weighted by molar-refractivity contribution is 7.15. The van der Waals surface area contributed by atoms with Gasteiger partial charge in [0.1, 0.15) is 41.1 Å². The fourth-order valence-electron chi connectivity index (χ4n) is 7.75. The first-order chi connectivity index (χ1) is 30.5. The van der Waals surface area contributed by atoms with Crippen LogP contribution in [0.3, 0.4) is 0 Å². The maximum atomic E-state index is 13.6. The number of aliphatic imine (C=N–C) groups is 1. The summed E-state index contributed by atoms with van der Waals surface area (Å²) < 4.78 is 20.6. The van der Waals surface area contributed by atoms with Crippen molar-refractivity contribution >= 4 is 68.6 Å². The predicted molar refractivity (Wildman–Crippen MR) is 241 cm³/mol. The van der Waals surface area contributed by atoms with Crippen molar-refractivity contribution in [3.8, 4) is 10.8 Å². The van der Waals surface area contributed by atoms with Crippen LogP contribution in [0.2, 0.25) is 5.02 Å². The fraction of sp³-hybridized carbons (Fsp3) is 0.333. The van der Waals surface area contributed by atoms with E-state index in [1.54, 1.807) is 60.7 Å². The van der Waals surface area contributed by atoms with E-state index in [0.717, 1.165) is 33.2 Å². The van der Waals surface area contributed by atoms with Gasteiger partial charge in [-0.15, -0.1) is 21.5 Å². The Morgan fingerprint density at radius 2 is 1.65 bits per heavy atom. The molecule has 8 rings (SSSR count). The maximum absolute atomic E-state index is 13.6. The van der Waals surface area contributed by atoms with Crippen LogP contribution in [0, 0.1) is 27.7 Å². The molecule has 2 atom stereocenters. The molecular weight excluding hydrogens is 846 g/mol. The maximum Gasteiger partial charge on any atom is 0.264 e. The molecule has 0 aliphatic carbocycles. The van der Waals surface area contributed by atoms with E-state index in [4.69, 9.17) is 30.8 Å². The Morgan fingerprint density at radius 3 is 2.41 bits per heavy atom. The number of imide groups is 1. The van der Waals surface area contributed by atoms with Gasteiger partial charge in [-0.25, -0.2) is 4.98 Å². The number of amides is 3. The second-order valence-electron chi connectivity index (χ2n) is 15.2. The van der Waals surface area contributed by atoms with E-state index in [2.05, 4.69) is 45.0 Å². The van der Waals surface area contributed by atoms with Crippen molar-refractivity contribution in [3.05, 3.63) is 121 Å². The molecule has 3 amide bonds. The zero-order chi connectivity index (χ0) is 44.2. The second-order valence-corrected chi connectivity index (χ2v) is 16.8. The third-order valence-corrected chi connectivity index (χ3v) is 12.4. The van der Waals surface area contributed by atoms with Gasteiger partial charge >= 0.3 is 0 Å². The van der Waals surface area contributed by atoms with Crippen LogP contribution >= 0.6 is 22.9 Å². The van der Waals surface area contributed by atoms with Crippen molar-refractivity contribution < 1.29 is 28.6 Å². The standard InChI is InChI=1S/C45H46ClN9O7S/c1-25-26(2)63-45-39(25)41(29-8-10-30(46)11-9-29)50-35(42-53-52-28(4)55(42)45)24-38(57)49-31-12-14-32(15-13-31)62-23-22-61-21-20-60-19-18-47-33-6-5-7-34-40(33)44(59)54(27(3)48-34)36-16-17-37(56)51-43(36)58/h5-15,35-36,47H,16-24H2,1-4H3,(H,49,57)(H,51,56,58)/t35-,36?/m0/s1. The number of rotatable bonds is 16. The minimum atomic E-state index is -0.801. The lowest BCUT2D eigenvalue weighted by atomic mass is 9.99. The third-order valence-electron chi connectivity index (χ3n) is 10.9. The lowest BCUT2D eigenvalue weighted by Crippen LogP contribution is -2.45. The van der Waals surface area contributed by atoms with Crippen molar-refractivity contribution in [2.75, 3.05) is 50.2 Å². The summed E-state index contributed by atoms with van der Waals surface area (Å²) >= 11 is 7.90. The summed E-state index contributed by atoms with van der Waals surface area (Å²) in [5, 5.41) is 19.4. The molecule has 1 saturated heterocycles. The number of fused-ring (bicyclic) bond motifs is 4. The second kappa shape index (κ2) is 19.0. The zero-order valence-electron chi connectivity index (χ0n) is 35.2. The summed E-state index contributed by atoms with van der Waals surface area (Å²) in [5.41, 5.74) is 5.17. The molecule has 2 aliphatic rings. The first kappa shape index (κ1) is 43.4. The number of ether oxygens (including phenoxy) is 3. The van der Waals surface area contributed by atoms with Crippen molar-refractivity contribution in [3.63, 3.8) is 0 Å². The number of piperidine rings is 1. The van der Waals surface area contributed by atoms with Gasteiger partial charge in [-0.1, -0.05) is 29.8 Å². The van der Waals surface area contributed by atoms with Crippen molar-refractivity contribution in [1.82, 2.24) is 29.6 Å². The van der Waals surface area contributed by atoms with Crippen molar-refractivity contribution in [2.24, 2.45) is 4.99 Å². The molecule has 0 saturated carbocycles. The summed E-state index contributed by atoms with van der Waals surface area (Å²) in [6, 6.07) is 18.7. The summed E-state index contributed by atoms with van der Waals surface area (Å²) in [6.45, 7) is 9.92. The smallest absolute Gasteiger partial charge is 0.264 e. The molecule has 0 spiro atoms. The molecule has 3 N–H and O–H groups in total. The number of thiophene rings is 1. The lowest BCUT2D eigenvalue weighted by Gasteiger charge is -2.24. The van der Waals surface area contributed by atoms with Crippen LogP contribution in [-0.4, -0.2) is 87.3 Å². The van der Waals surface area contributed by atoms with E-state index in [-0.39, 0.29) is 36.6 Å². The van der Waals surface area contributed by atoms with Crippen molar-refractivity contribution in [1.29, 1.82) is 0 Å². The summed E-state index contributed by atoms with van der Waals surface area (Å²) in [5.74, 6) is 1.29. The Labute approximate surface area is 371 Å². The van der Waals surface area contributed by atoms with Gasteiger partial charge in [0.25, 0.3) is 5.56 Å². The van der Waals surface area contributed by atoms with Gasteiger partial charge in [0.2, 0.25) is 17.7 Å². The fourth-order valence-corrected chi connectivity index (χ4v) is 9.09. The SMILES string of the molecule is Cc1sc2c(c1C)C(c1ccc(Cl)cc1)=N[C@@H](CC(=O)Nc1ccc(OCCOCCOCCNc3cccc4nc(C)n(C5CCC(=O)NC5=O)c(=O)c34)cc1)c1nnc(C)n1-2. The van der Waals surface area contributed by atoms with Crippen LogP contribution in [0.4, 0.5) is 11.4 Å². The number of aromatic nitrogens is 5. The number of aryl methyl sites for hydroxylation is 3. The van der Waals surface area contributed by atoms with Crippen LogP contribution in [0.25, 0.3) is 15.9 Å². The summed E-state index contributed by atoms with van der Waals surface area (Å²) in [6.07, 6.45) is 0.445. The first-order valence-corrected chi connectivity index (χ1v) is 21.8. The Morgan fingerprint density at radius 1 is 0.905 bits per heavy atom. The number of anilines is 2. The van der Waals surface area contributed by atoms with Gasteiger partial charge in [0.05, 0.1) is 49.5 Å². The minimum Gasteiger partial charge on any atom is -0.491 e. The first-order valence-electron chi connectivity index (χ1n) is 20.6. The molecule has 2 aliphatic heterocycles. The Kier molecular flexibility index (Phi) is 13.1. The van der Waals surface area contributed by atoms with Crippen LogP contribution in [0.15, 0.2) is 76.5 Å². The number of nitrogens with zero attached hydrogens (tertiary/aromatic N) is 6. The Hall–Kier alpha value is -6.27. The topological polar surface area (TPSA) is 193 Å². The largest absolute Gasteiger partial charge is 0.491 e. The van der Waals surface area contributed by atoms with Gasteiger partial charge in [-0.2, -0.15) is 0 Å². The monoisotopic (exact) mass is 891 g/mol. The highest BCUT2D eigenvalue weighted by Crippen LogP contribution is 2.40. The van der Waals surface area contributed by atoms with Crippen LogP contribution < -0.4 is 26.2 Å². The zero-order valence-corrected chi connectivity index (χ0v) is 36.8. The van der Waals surface area contributed by atoms with Gasteiger partial charge in [0.15, 0.2) is 5.82 Å². The van der Waals surface area contributed by atoms with E-state index >= 15 is 0 Å². The van der Waals surface area contributed by atoms with Gasteiger partial charge in [0, 0.05) is 45.4 Å². The van der Waals surface area contributed by atoms with E-state index in [1.165, 1.54) is 9.44 Å². The number of halogens is 1. The Balaban J connectivity index is 0.780. The van der Waals surface area contributed by atoms with Gasteiger partial charge in [-0.3, -0.25) is 38.6 Å². The van der Waals surface area contributed by atoms with E-state index in [1.807, 2.05) is 35.8 Å². The van der Waals surface area contributed by atoms with Crippen LogP contribution in [-0.2, 0) is 23.9 Å². The number of benzene rings is 3. The molecule has 1 fully saturated rings. The number of hydrogen-bond acceptors (Lipinski definition) is 13. The number of carbonyl (C=O) groups excluding carboxylic acids is 3. The molecule has 3 aromatic carbocycles. The molecule has 16 nitrogen and oxygen atoms in total. The van der Waals surface area contributed by atoms with E-state index in [0.29, 0.717) is 84.3 Å². The third kappa shape index (κ3) is 9.41. The molecule has 0 radical (unpaired) electrons. The van der Waals surface area contributed by atoms with Crippen molar-refractivity contribution in [2.45, 2.75) is 59.0 Å². The summed E-state index contributed by atoms with van der Waals surface area (Å²) in [4.78, 5) is 62.3. The molecule has 326 valence electrons. The number of carbonyl (C=O) groups is 3. The molecule has 1 unspecified atom stereocenters. The van der Waals surface area contributed by atoms with Gasteiger partial charge < -0.3 is 24.8 Å². The Bertz CT molecular complexity index is 2780. The molecule has 0 bridgehead atoms. The van der Waals surface area contributed by atoms with E-state index in [9.17, 15) is 19.2 Å². The van der Waals surface area contributed by atoms with E-state index < -0.39 is 18.0 Å².